The maximum absolute atomic E-state index is 12.8. The highest BCUT2D eigenvalue weighted by atomic mass is 35.5. The van der Waals surface area contributed by atoms with E-state index < -0.39 is 23.0 Å². The summed E-state index contributed by atoms with van der Waals surface area (Å²) in [6.45, 7) is 0. The maximum atomic E-state index is 12.8. The van der Waals surface area contributed by atoms with Crippen LogP contribution < -0.4 is 5.32 Å². The SMILES string of the molecule is O=C(Nc1ccccc1C(F)(F)F)C(Cl)c1ccccc1. The van der Waals surface area contributed by atoms with E-state index in [0.29, 0.717) is 5.56 Å². The van der Waals surface area contributed by atoms with Crippen LogP contribution in [0.4, 0.5) is 18.9 Å². The molecule has 0 saturated heterocycles. The third kappa shape index (κ3) is 3.76. The molecule has 21 heavy (non-hydrogen) atoms. The number of benzene rings is 2. The Morgan fingerprint density at radius 2 is 1.57 bits per heavy atom. The van der Waals surface area contributed by atoms with Gasteiger partial charge in [0.1, 0.15) is 5.38 Å². The number of alkyl halides is 4. The topological polar surface area (TPSA) is 29.1 Å². The molecule has 0 aliphatic heterocycles. The molecule has 0 radical (unpaired) electrons. The number of anilines is 1. The first-order valence-electron chi connectivity index (χ1n) is 6.05. The predicted molar refractivity (Wildman–Crippen MR) is 75.1 cm³/mol. The molecule has 0 aliphatic carbocycles. The van der Waals surface area contributed by atoms with Gasteiger partial charge < -0.3 is 5.32 Å². The number of hydrogen-bond acceptors (Lipinski definition) is 1. The molecular formula is C15H11ClF3NO. The minimum absolute atomic E-state index is 0.309. The van der Waals surface area contributed by atoms with E-state index in [0.717, 1.165) is 6.07 Å². The molecule has 2 aromatic rings. The highest BCUT2D eigenvalue weighted by Gasteiger charge is 2.34. The molecule has 2 aromatic carbocycles. The van der Waals surface area contributed by atoms with Gasteiger partial charge in [0.2, 0.25) is 5.91 Å². The van der Waals surface area contributed by atoms with Crippen LogP contribution >= 0.6 is 11.6 Å². The lowest BCUT2D eigenvalue weighted by Crippen LogP contribution is -2.20. The third-order valence-electron chi connectivity index (χ3n) is 2.81. The van der Waals surface area contributed by atoms with E-state index in [-0.39, 0.29) is 5.69 Å². The Bertz CT molecular complexity index is 628. The Labute approximate surface area is 124 Å². The molecule has 2 nitrogen and oxygen atoms in total. The molecule has 1 amide bonds. The zero-order valence-electron chi connectivity index (χ0n) is 10.7. The molecule has 0 aliphatic rings. The normalized spacial score (nSPS) is 12.8. The van der Waals surface area contributed by atoms with Crippen molar-refractivity contribution in [2.75, 3.05) is 5.32 Å². The van der Waals surface area contributed by atoms with Gasteiger partial charge in [-0.2, -0.15) is 13.2 Å². The molecule has 0 saturated carbocycles. The van der Waals surface area contributed by atoms with Gasteiger partial charge >= 0.3 is 6.18 Å². The Morgan fingerprint density at radius 1 is 1.00 bits per heavy atom. The largest absolute Gasteiger partial charge is 0.418 e. The van der Waals surface area contributed by atoms with Crippen molar-refractivity contribution in [2.24, 2.45) is 0 Å². The Balaban J connectivity index is 2.21. The van der Waals surface area contributed by atoms with E-state index in [1.807, 2.05) is 0 Å². The van der Waals surface area contributed by atoms with Crippen LogP contribution in [0.25, 0.3) is 0 Å². The molecule has 0 heterocycles. The van der Waals surface area contributed by atoms with E-state index in [1.165, 1.54) is 18.2 Å². The fourth-order valence-corrected chi connectivity index (χ4v) is 2.01. The number of nitrogens with one attached hydrogen (secondary N) is 1. The molecule has 1 atom stereocenters. The lowest BCUT2D eigenvalue weighted by molar-refractivity contribution is -0.137. The van der Waals surface area contributed by atoms with Crippen LogP contribution in [0, 0.1) is 0 Å². The van der Waals surface area contributed by atoms with E-state index in [9.17, 15) is 18.0 Å². The van der Waals surface area contributed by atoms with E-state index >= 15 is 0 Å². The van der Waals surface area contributed by atoms with Crippen molar-refractivity contribution < 1.29 is 18.0 Å². The summed E-state index contributed by atoms with van der Waals surface area (Å²) in [6, 6.07) is 13.2. The van der Waals surface area contributed by atoms with Gasteiger partial charge in [-0.15, -0.1) is 11.6 Å². The number of rotatable bonds is 3. The van der Waals surface area contributed by atoms with E-state index in [2.05, 4.69) is 5.32 Å². The van der Waals surface area contributed by atoms with Crippen LogP contribution in [0.15, 0.2) is 54.6 Å². The van der Waals surface area contributed by atoms with Crippen molar-refractivity contribution in [3.63, 3.8) is 0 Å². The molecule has 110 valence electrons. The minimum Gasteiger partial charge on any atom is -0.324 e. The van der Waals surface area contributed by atoms with Crippen molar-refractivity contribution >= 4 is 23.2 Å². The zero-order valence-corrected chi connectivity index (χ0v) is 11.4. The van der Waals surface area contributed by atoms with Crippen molar-refractivity contribution in [1.29, 1.82) is 0 Å². The van der Waals surface area contributed by atoms with Crippen LogP contribution in [0.5, 0.6) is 0 Å². The van der Waals surface area contributed by atoms with Crippen molar-refractivity contribution in [1.82, 2.24) is 0 Å². The average Bonchev–Trinajstić information content (AvgIpc) is 2.47. The number of carbonyl (C=O) groups excluding carboxylic acids is 1. The molecule has 0 fully saturated rings. The van der Waals surface area contributed by atoms with Gasteiger partial charge in [-0.1, -0.05) is 42.5 Å². The molecular weight excluding hydrogens is 303 g/mol. The highest BCUT2D eigenvalue weighted by molar-refractivity contribution is 6.32. The first kappa shape index (κ1) is 15.4. The standard InChI is InChI=1S/C15H11ClF3NO/c16-13(10-6-2-1-3-7-10)14(21)20-12-9-5-4-8-11(12)15(17,18)19/h1-9,13H,(H,20,21). The fraction of sp³-hybridized carbons (Fsp3) is 0.133. The van der Waals surface area contributed by atoms with Gasteiger partial charge in [0, 0.05) is 0 Å². The van der Waals surface area contributed by atoms with Crippen LogP contribution in [0.1, 0.15) is 16.5 Å². The highest BCUT2D eigenvalue weighted by Crippen LogP contribution is 2.35. The van der Waals surface area contributed by atoms with E-state index in [4.69, 9.17) is 11.6 Å². The number of amides is 1. The van der Waals surface area contributed by atoms with Crippen molar-refractivity contribution in [3.8, 4) is 0 Å². The van der Waals surface area contributed by atoms with Gasteiger partial charge in [-0.05, 0) is 17.7 Å². The van der Waals surface area contributed by atoms with Crippen LogP contribution in [0.3, 0.4) is 0 Å². The lowest BCUT2D eigenvalue weighted by Gasteiger charge is -2.15. The number of hydrogen-bond donors (Lipinski definition) is 1. The molecule has 0 aromatic heterocycles. The quantitative estimate of drug-likeness (QED) is 0.823. The first-order valence-corrected chi connectivity index (χ1v) is 6.49. The van der Waals surface area contributed by atoms with Crippen molar-refractivity contribution in [2.45, 2.75) is 11.6 Å². The second-order valence-corrected chi connectivity index (χ2v) is 4.74. The maximum Gasteiger partial charge on any atom is 0.418 e. The summed E-state index contributed by atoms with van der Waals surface area (Å²) in [5.41, 5.74) is -0.701. The molecule has 1 unspecified atom stereocenters. The summed E-state index contributed by atoms with van der Waals surface area (Å²) in [4.78, 5) is 12.0. The molecule has 1 N–H and O–H groups in total. The minimum atomic E-state index is -4.54. The average molecular weight is 314 g/mol. The van der Waals surface area contributed by atoms with Crippen LogP contribution in [-0.2, 0) is 11.0 Å². The van der Waals surface area contributed by atoms with Gasteiger partial charge in [0.05, 0.1) is 11.3 Å². The van der Waals surface area contributed by atoms with Gasteiger partial charge in [-0.25, -0.2) is 0 Å². The summed E-state index contributed by atoms with van der Waals surface area (Å²) < 4.78 is 38.5. The number of para-hydroxylation sites is 1. The Hall–Kier alpha value is -2.01. The predicted octanol–water partition coefficient (Wildman–Crippen LogP) is 4.62. The fourth-order valence-electron chi connectivity index (χ4n) is 1.81. The molecule has 6 heteroatoms. The molecule has 2 rings (SSSR count). The van der Waals surface area contributed by atoms with Crippen LogP contribution in [-0.4, -0.2) is 5.91 Å². The Morgan fingerprint density at radius 3 is 2.19 bits per heavy atom. The molecule has 0 spiro atoms. The lowest BCUT2D eigenvalue weighted by atomic mass is 10.1. The van der Waals surface area contributed by atoms with Crippen molar-refractivity contribution in [3.05, 3.63) is 65.7 Å². The summed E-state index contributed by atoms with van der Waals surface area (Å²) in [5.74, 6) is -0.709. The second-order valence-electron chi connectivity index (χ2n) is 4.31. The van der Waals surface area contributed by atoms with E-state index in [1.54, 1.807) is 30.3 Å². The van der Waals surface area contributed by atoms with Gasteiger partial charge in [0.25, 0.3) is 0 Å². The smallest absolute Gasteiger partial charge is 0.324 e. The van der Waals surface area contributed by atoms with Crippen LogP contribution in [0.2, 0.25) is 0 Å². The van der Waals surface area contributed by atoms with Gasteiger partial charge in [-0.3, -0.25) is 4.79 Å². The first-order chi connectivity index (χ1) is 9.89. The Kier molecular flexibility index (Phi) is 4.53. The van der Waals surface area contributed by atoms with Gasteiger partial charge in [0.15, 0.2) is 0 Å². The summed E-state index contributed by atoms with van der Waals surface area (Å²) >= 11 is 5.98. The monoisotopic (exact) mass is 313 g/mol. The molecule has 0 bridgehead atoms. The summed E-state index contributed by atoms with van der Waals surface area (Å²) in [5, 5.41) is 1.16. The summed E-state index contributed by atoms with van der Waals surface area (Å²) in [7, 11) is 0. The zero-order chi connectivity index (χ0) is 15.5. The third-order valence-corrected chi connectivity index (χ3v) is 3.26. The number of halogens is 4. The summed E-state index contributed by atoms with van der Waals surface area (Å²) in [6.07, 6.45) is -4.54. The number of carbonyl (C=O) groups is 1. The second kappa shape index (κ2) is 6.18.